The fourth-order valence-corrected chi connectivity index (χ4v) is 4.67. The minimum atomic E-state index is -3.44. The van der Waals surface area contributed by atoms with Crippen LogP contribution in [0.5, 0.6) is 5.75 Å². The molecule has 2 aromatic rings. The van der Waals surface area contributed by atoms with Crippen LogP contribution in [0, 0.1) is 10.1 Å². The van der Waals surface area contributed by atoms with Gasteiger partial charge in [0.2, 0.25) is 10.0 Å². The number of rotatable bonds is 4. The van der Waals surface area contributed by atoms with E-state index >= 15 is 0 Å². The molecule has 0 aromatic heterocycles. The molecule has 0 bridgehead atoms. The van der Waals surface area contributed by atoms with Crippen molar-refractivity contribution in [3.63, 3.8) is 0 Å². The van der Waals surface area contributed by atoms with Crippen LogP contribution in [0.15, 0.2) is 48.5 Å². The van der Waals surface area contributed by atoms with E-state index in [1.807, 2.05) is 0 Å². The summed E-state index contributed by atoms with van der Waals surface area (Å²) < 4.78 is 31.3. The maximum Gasteiger partial charge on any atom is 0.269 e. The lowest BCUT2D eigenvalue weighted by molar-refractivity contribution is -0.384. The van der Waals surface area contributed by atoms with Crippen LogP contribution < -0.4 is 9.04 Å². The molecule has 0 N–H and O–H groups in total. The molecule has 126 valence electrons. The number of methoxy groups -OCH3 is 1. The van der Waals surface area contributed by atoms with Gasteiger partial charge in [-0.25, -0.2) is 8.42 Å². The molecular formula is C16H16N2O5S. The third-order valence-corrected chi connectivity index (χ3v) is 6.40. The lowest BCUT2D eigenvalue weighted by Gasteiger charge is -2.47. The third kappa shape index (κ3) is 2.48. The minimum absolute atomic E-state index is 0.0235. The zero-order chi connectivity index (χ0) is 17.5. The predicted molar refractivity (Wildman–Crippen MR) is 89.7 cm³/mol. The summed E-state index contributed by atoms with van der Waals surface area (Å²) in [4.78, 5) is 10.3. The lowest BCUT2D eigenvalue weighted by Crippen LogP contribution is -2.57. The van der Waals surface area contributed by atoms with Crippen molar-refractivity contribution in [2.45, 2.75) is 18.2 Å². The highest BCUT2D eigenvalue weighted by molar-refractivity contribution is 7.95. The normalized spacial score (nSPS) is 21.8. The summed E-state index contributed by atoms with van der Waals surface area (Å²) in [6.07, 6.45) is 0. The predicted octanol–water partition coefficient (Wildman–Crippen LogP) is 2.88. The molecule has 0 spiro atoms. The maximum absolute atomic E-state index is 12.4. The molecule has 1 heterocycles. The van der Waals surface area contributed by atoms with Crippen molar-refractivity contribution >= 4 is 21.4 Å². The van der Waals surface area contributed by atoms with Crippen molar-refractivity contribution in [3.05, 3.63) is 64.2 Å². The summed E-state index contributed by atoms with van der Waals surface area (Å²) in [5.74, 6) is 0.636. The Kier molecular flexibility index (Phi) is 3.92. The van der Waals surface area contributed by atoms with Crippen LogP contribution >= 0.6 is 0 Å². The average Bonchev–Trinajstić information content (AvgIpc) is 2.59. The van der Waals surface area contributed by atoms with Gasteiger partial charge < -0.3 is 4.74 Å². The van der Waals surface area contributed by atoms with Gasteiger partial charge in [-0.15, -0.1) is 0 Å². The van der Waals surface area contributed by atoms with Gasteiger partial charge in [0.25, 0.3) is 5.69 Å². The number of sulfonamides is 1. The highest BCUT2D eigenvalue weighted by Gasteiger charge is 2.51. The molecule has 0 unspecified atom stereocenters. The number of non-ortho nitro benzene ring substituents is 1. The molecule has 1 fully saturated rings. The van der Waals surface area contributed by atoms with Crippen LogP contribution in [0.2, 0.25) is 0 Å². The molecule has 0 radical (unpaired) electrons. The van der Waals surface area contributed by atoms with Crippen LogP contribution in [-0.2, 0) is 10.0 Å². The summed E-state index contributed by atoms with van der Waals surface area (Å²) in [6.45, 7) is 1.64. The molecule has 0 aliphatic carbocycles. The van der Waals surface area contributed by atoms with E-state index in [2.05, 4.69) is 0 Å². The van der Waals surface area contributed by atoms with Gasteiger partial charge in [-0.2, -0.15) is 0 Å². The molecule has 2 aromatic carbocycles. The zero-order valence-electron chi connectivity index (χ0n) is 13.1. The molecule has 0 amide bonds. The van der Waals surface area contributed by atoms with Gasteiger partial charge in [-0.1, -0.05) is 12.1 Å². The van der Waals surface area contributed by atoms with E-state index in [0.29, 0.717) is 11.4 Å². The van der Waals surface area contributed by atoms with Crippen LogP contribution in [0.4, 0.5) is 11.4 Å². The number of hydrogen-bond donors (Lipinski definition) is 0. The molecule has 3 rings (SSSR count). The molecule has 0 saturated carbocycles. The first-order valence-electron chi connectivity index (χ1n) is 7.28. The maximum atomic E-state index is 12.4. The third-order valence-electron chi connectivity index (χ3n) is 4.21. The number of hydrogen-bond acceptors (Lipinski definition) is 5. The quantitative estimate of drug-likeness (QED) is 0.626. The molecule has 1 aliphatic rings. The van der Waals surface area contributed by atoms with E-state index in [1.165, 1.54) is 23.5 Å². The zero-order valence-corrected chi connectivity index (χ0v) is 13.9. The first-order chi connectivity index (χ1) is 11.4. The van der Waals surface area contributed by atoms with Crippen molar-refractivity contribution in [1.82, 2.24) is 0 Å². The highest BCUT2D eigenvalue weighted by atomic mass is 32.2. The molecular weight excluding hydrogens is 332 g/mol. The van der Waals surface area contributed by atoms with E-state index in [4.69, 9.17) is 4.74 Å². The van der Waals surface area contributed by atoms with Crippen molar-refractivity contribution in [2.24, 2.45) is 0 Å². The molecule has 7 nitrogen and oxygen atoms in total. The lowest BCUT2D eigenvalue weighted by atomic mass is 10.0. The number of nitro groups is 1. The van der Waals surface area contributed by atoms with Crippen molar-refractivity contribution in [2.75, 3.05) is 11.4 Å². The fraction of sp³-hybridized carbons (Fsp3) is 0.250. The van der Waals surface area contributed by atoms with E-state index < -0.39 is 20.2 Å². The topological polar surface area (TPSA) is 89.8 Å². The second-order valence-corrected chi connectivity index (χ2v) is 7.70. The summed E-state index contributed by atoms with van der Waals surface area (Å²) in [5, 5.41) is 10.2. The highest BCUT2D eigenvalue weighted by Crippen LogP contribution is 2.45. The van der Waals surface area contributed by atoms with Crippen LogP contribution in [0.3, 0.4) is 0 Å². The number of anilines is 1. The first kappa shape index (κ1) is 16.3. The van der Waals surface area contributed by atoms with Crippen LogP contribution in [-0.4, -0.2) is 25.7 Å². The SMILES string of the molecule is COc1ccc(N2[C@H](c3ccc([N+](=O)[O-])cc3)[C@H](C)S2(=O)=O)cc1. The van der Waals surface area contributed by atoms with Crippen LogP contribution in [0.1, 0.15) is 18.5 Å². The Morgan fingerprint density at radius 3 is 2.17 bits per heavy atom. The minimum Gasteiger partial charge on any atom is -0.497 e. The molecule has 2 atom stereocenters. The smallest absolute Gasteiger partial charge is 0.269 e. The first-order valence-corrected chi connectivity index (χ1v) is 8.78. The number of benzene rings is 2. The summed E-state index contributed by atoms with van der Waals surface area (Å²) in [5.41, 5.74) is 1.24. The monoisotopic (exact) mass is 348 g/mol. The Balaban J connectivity index is 1.97. The number of ether oxygens (including phenoxy) is 1. The van der Waals surface area contributed by atoms with E-state index in [-0.39, 0.29) is 11.7 Å². The Bertz CT molecular complexity index is 862. The van der Waals surface area contributed by atoms with Gasteiger partial charge in [-0.3, -0.25) is 14.4 Å². The Hall–Kier alpha value is -2.61. The summed E-state index contributed by atoms with van der Waals surface area (Å²) in [7, 11) is -1.90. The Morgan fingerprint density at radius 1 is 1.08 bits per heavy atom. The standard InChI is InChI=1S/C16H16N2O5S/c1-11-16(12-3-5-14(6-4-12)18(19)20)17(24(11,21)22)13-7-9-15(23-2)10-8-13/h3-11,16H,1-2H3/t11-,16-/m0/s1. The van der Waals surface area contributed by atoms with Gasteiger partial charge in [0.15, 0.2) is 0 Å². The summed E-state index contributed by atoms with van der Waals surface area (Å²) >= 11 is 0. The van der Waals surface area contributed by atoms with E-state index in [1.54, 1.807) is 43.3 Å². The van der Waals surface area contributed by atoms with Gasteiger partial charge in [0.05, 0.1) is 23.8 Å². The molecule has 24 heavy (non-hydrogen) atoms. The van der Waals surface area contributed by atoms with Crippen molar-refractivity contribution in [3.8, 4) is 5.75 Å². The average molecular weight is 348 g/mol. The largest absolute Gasteiger partial charge is 0.497 e. The fourth-order valence-electron chi connectivity index (χ4n) is 2.87. The second kappa shape index (κ2) is 5.79. The molecule has 1 aliphatic heterocycles. The van der Waals surface area contributed by atoms with Gasteiger partial charge in [-0.05, 0) is 36.8 Å². The van der Waals surface area contributed by atoms with Crippen LogP contribution in [0.25, 0.3) is 0 Å². The number of nitrogens with zero attached hydrogens (tertiary/aromatic N) is 2. The van der Waals surface area contributed by atoms with Crippen molar-refractivity contribution in [1.29, 1.82) is 0 Å². The van der Waals surface area contributed by atoms with Gasteiger partial charge >= 0.3 is 0 Å². The second-order valence-electron chi connectivity index (χ2n) is 5.54. The number of nitro benzene ring substituents is 1. The molecule has 1 saturated heterocycles. The Labute approximate surface area is 139 Å². The van der Waals surface area contributed by atoms with Gasteiger partial charge in [0, 0.05) is 12.1 Å². The van der Waals surface area contributed by atoms with E-state index in [9.17, 15) is 18.5 Å². The molecule has 8 heteroatoms. The van der Waals surface area contributed by atoms with Crippen molar-refractivity contribution < 1.29 is 18.1 Å². The van der Waals surface area contributed by atoms with E-state index in [0.717, 1.165) is 5.56 Å². The van der Waals surface area contributed by atoms with Gasteiger partial charge in [0.1, 0.15) is 11.0 Å². The summed E-state index contributed by atoms with van der Waals surface area (Å²) in [6, 6.07) is 12.3. The Morgan fingerprint density at radius 2 is 1.67 bits per heavy atom.